The van der Waals surface area contributed by atoms with Crippen LogP contribution >= 0.6 is 0 Å². The number of para-hydroxylation sites is 2. The molecule has 0 aliphatic carbocycles. The first-order valence-corrected chi connectivity index (χ1v) is 30.5. The number of pyridine rings is 1. The maximum atomic E-state index is 6.82. The van der Waals surface area contributed by atoms with Crippen LogP contribution in [0.3, 0.4) is 0 Å². The third-order valence-corrected chi connectivity index (χ3v) is 16.8. The standard InChI is InChI=1S/C57H55N2O.C14H16NSi.Ir/c1-35(2)48-31-42(39-25-23-38(24-26-39)41-29-43(56(5,6)7)34-44(30-41)57(8,9)10)32-49(36(3)4)53(48)59-51-22-15-14-21-50(51)58-55(59)47-20-16-19-46-45-28-27-40(33-52(45)60-54(46)47)37-17-12-11-13-18-37;1-16(2,3)13-9-10-14(15-11-13)12-7-5-4-6-8-12;/h11-19,21-36H,1-10H3;4-7,9-11H,1-3H3;/q2*-1;. The first-order chi connectivity index (χ1) is 36.2. The van der Waals surface area contributed by atoms with Crippen molar-refractivity contribution < 1.29 is 24.5 Å². The number of rotatable bonds is 9. The molecule has 11 rings (SSSR count). The van der Waals surface area contributed by atoms with E-state index in [1.165, 1.54) is 55.4 Å². The van der Waals surface area contributed by atoms with Crippen LogP contribution in [0.15, 0.2) is 187 Å². The van der Waals surface area contributed by atoms with Gasteiger partial charge in [0.25, 0.3) is 0 Å². The summed E-state index contributed by atoms with van der Waals surface area (Å²) in [6.07, 6.45) is 2.02. The maximum Gasteiger partial charge on any atom is 0.121 e. The molecule has 0 N–H and O–H groups in total. The molecule has 4 nitrogen and oxygen atoms in total. The van der Waals surface area contributed by atoms with E-state index < -0.39 is 8.07 Å². The Bertz CT molecular complexity index is 3790. The molecule has 0 unspecified atom stereocenters. The Morgan fingerprint density at radius 3 is 1.69 bits per heavy atom. The van der Waals surface area contributed by atoms with Crippen molar-refractivity contribution in [3.8, 4) is 61.7 Å². The summed E-state index contributed by atoms with van der Waals surface area (Å²) in [5, 5.41) is 3.54. The zero-order valence-corrected chi connectivity index (χ0v) is 50.5. The van der Waals surface area contributed by atoms with E-state index in [0.717, 1.165) is 66.7 Å². The molecule has 0 amide bonds. The molecule has 391 valence electrons. The molecule has 0 bridgehead atoms. The zero-order chi connectivity index (χ0) is 53.7. The van der Waals surface area contributed by atoms with Gasteiger partial charge in [-0.2, -0.15) is 0 Å². The van der Waals surface area contributed by atoms with Gasteiger partial charge in [0.2, 0.25) is 0 Å². The average molecular weight is 1200 g/mol. The third-order valence-electron chi connectivity index (χ3n) is 14.8. The Hall–Kier alpha value is -6.95. The van der Waals surface area contributed by atoms with Gasteiger partial charge in [-0.25, -0.2) is 0 Å². The molecule has 11 aromatic rings. The zero-order valence-electron chi connectivity index (χ0n) is 47.1. The molecule has 3 heterocycles. The second-order valence-electron chi connectivity index (χ2n) is 24.2. The SMILES string of the molecule is CC(C)c1cc(-c2ccc(-c3cc(C(C)(C)C)cc(C(C)(C)C)c3)cc2)cc(C(C)C)c1-n1c(-c2[c-]ccc3c2oc2cc(-c4ccccc4)ccc23)nc2ccccc21.C[Si](C)(C)c1ccc(-c2[c-]cccc2)nc1.[Ir]. The van der Waals surface area contributed by atoms with E-state index in [9.17, 15) is 0 Å². The number of aromatic nitrogens is 3. The molecule has 6 heteroatoms. The fraction of sp³-hybridized carbons (Fsp3) is 0.239. The van der Waals surface area contributed by atoms with Gasteiger partial charge in [-0.3, -0.25) is 4.98 Å². The summed E-state index contributed by atoms with van der Waals surface area (Å²) >= 11 is 0. The molecular formula is C71H71IrN3OSi-2. The van der Waals surface area contributed by atoms with Crippen LogP contribution < -0.4 is 5.19 Å². The molecular weight excluding hydrogens is 1130 g/mol. The van der Waals surface area contributed by atoms with E-state index in [1.54, 1.807) is 0 Å². The van der Waals surface area contributed by atoms with Gasteiger partial charge >= 0.3 is 0 Å². The number of nitrogens with zero attached hydrogens (tertiary/aromatic N) is 3. The van der Waals surface area contributed by atoms with Crippen LogP contribution in [-0.2, 0) is 30.9 Å². The van der Waals surface area contributed by atoms with Crippen molar-refractivity contribution >= 4 is 46.2 Å². The summed E-state index contributed by atoms with van der Waals surface area (Å²) in [5.41, 5.74) is 20.4. The minimum atomic E-state index is -1.23. The van der Waals surface area contributed by atoms with E-state index in [1.807, 2.05) is 42.6 Å². The van der Waals surface area contributed by atoms with Crippen LogP contribution in [0, 0.1) is 12.1 Å². The Balaban J connectivity index is 0.000000364. The average Bonchev–Trinajstić information content (AvgIpc) is 3.99. The molecule has 0 saturated heterocycles. The monoisotopic (exact) mass is 1200 g/mol. The summed E-state index contributed by atoms with van der Waals surface area (Å²) in [6.45, 7) is 30.0. The van der Waals surface area contributed by atoms with Crippen molar-refractivity contribution in [1.29, 1.82) is 0 Å². The van der Waals surface area contributed by atoms with E-state index >= 15 is 0 Å². The normalized spacial score (nSPS) is 12.1. The molecule has 1 radical (unpaired) electrons. The molecule has 0 atom stereocenters. The Morgan fingerprint density at radius 1 is 0.532 bits per heavy atom. The van der Waals surface area contributed by atoms with Crippen molar-refractivity contribution in [2.24, 2.45) is 0 Å². The summed E-state index contributed by atoms with van der Waals surface area (Å²) in [4.78, 5) is 9.90. The second kappa shape index (κ2) is 21.8. The van der Waals surface area contributed by atoms with Gasteiger partial charge in [0.1, 0.15) is 5.58 Å². The fourth-order valence-electron chi connectivity index (χ4n) is 10.2. The van der Waals surface area contributed by atoms with E-state index in [0.29, 0.717) is 0 Å². The summed E-state index contributed by atoms with van der Waals surface area (Å²) in [6, 6.07) is 69.8. The van der Waals surface area contributed by atoms with Gasteiger partial charge in [0.05, 0.1) is 30.5 Å². The number of fused-ring (bicyclic) bond motifs is 4. The summed E-state index contributed by atoms with van der Waals surface area (Å²) in [5.74, 6) is 1.31. The summed E-state index contributed by atoms with van der Waals surface area (Å²) in [7, 11) is -1.23. The first-order valence-electron chi connectivity index (χ1n) is 27.0. The molecule has 0 aliphatic rings. The molecule has 0 spiro atoms. The quantitative estimate of drug-likeness (QED) is 0.107. The van der Waals surface area contributed by atoms with Gasteiger partial charge in [-0.1, -0.05) is 209 Å². The predicted octanol–water partition coefficient (Wildman–Crippen LogP) is 19.3. The van der Waals surface area contributed by atoms with E-state index in [-0.39, 0.29) is 42.8 Å². The van der Waals surface area contributed by atoms with Crippen molar-refractivity contribution in [2.75, 3.05) is 0 Å². The van der Waals surface area contributed by atoms with Crippen molar-refractivity contribution in [1.82, 2.24) is 14.5 Å². The number of furan rings is 1. The van der Waals surface area contributed by atoms with E-state index in [4.69, 9.17) is 9.40 Å². The number of imidazole rings is 1. The second-order valence-corrected chi connectivity index (χ2v) is 29.3. The number of hydrogen-bond donors (Lipinski definition) is 0. The van der Waals surface area contributed by atoms with Crippen LogP contribution in [0.5, 0.6) is 0 Å². The maximum absolute atomic E-state index is 6.82. The first kappa shape index (κ1) is 54.8. The minimum absolute atomic E-state index is 0. The Morgan fingerprint density at radius 2 is 1.12 bits per heavy atom. The van der Waals surface area contributed by atoms with Gasteiger partial charge in [-0.15, -0.1) is 54.1 Å². The smallest absolute Gasteiger partial charge is 0.121 e. The van der Waals surface area contributed by atoms with Crippen molar-refractivity contribution in [3.63, 3.8) is 0 Å². The van der Waals surface area contributed by atoms with Crippen molar-refractivity contribution in [2.45, 2.75) is 112 Å². The topological polar surface area (TPSA) is 43.9 Å². The molecule has 77 heavy (non-hydrogen) atoms. The Labute approximate surface area is 472 Å². The summed E-state index contributed by atoms with van der Waals surface area (Å²) < 4.78 is 9.21. The third kappa shape index (κ3) is 11.4. The number of benzene rings is 8. The Kier molecular flexibility index (Phi) is 15.5. The van der Waals surface area contributed by atoms with Crippen LogP contribution in [0.1, 0.15) is 103 Å². The van der Waals surface area contributed by atoms with Crippen LogP contribution in [0.25, 0.3) is 94.7 Å². The van der Waals surface area contributed by atoms with Crippen LogP contribution in [-0.4, -0.2) is 22.6 Å². The van der Waals surface area contributed by atoms with Gasteiger partial charge in [0, 0.05) is 37.4 Å². The molecule has 8 aromatic carbocycles. The van der Waals surface area contributed by atoms with Gasteiger partial charge in [0.15, 0.2) is 0 Å². The molecule has 0 aliphatic heterocycles. The van der Waals surface area contributed by atoms with Gasteiger partial charge in [-0.05, 0) is 120 Å². The largest absolute Gasteiger partial charge is 0.501 e. The molecule has 0 saturated carbocycles. The number of hydrogen-bond acceptors (Lipinski definition) is 3. The van der Waals surface area contributed by atoms with Gasteiger partial charge < -0.3 is 14.0 Å². The van der Waals surface area contributed by atoms with Crippen LogP contribution in [0.2, 0.25) is 19.6 Å². The fourth-order valence-corrected chi connectivity index (χ4v) is 11.2. The minimum Gasteiger partial charge on any atom is -0.501 e. The van der Waals surface area contributed by atoms with Crippen molar-refractivity contribution in [3.05, 3.63) is 217 Å². The predicted molar refractivity (Wildman–Crippen MR) is 326 cm³/mol. The van der Waals surface area contributed by atoms with Crippen LogP contribution in [0.4, 0.5) is 0 Å². The van der Waals surface area contributed by atoms with E-state index in [2.05, 4.69) is 250 Å². The molecule has 0 fully saturated rings. The molecule has 3 aromatic heterocycles.